The van der Waals surface area contributed by atoms with Gasteiger partial charge in [-0.2, -0.15) is 0 Å². The third kappa shape index (κ3) is 3.14. The molecule has 4 nitrogen and oxygen atoms in total. The second-order valence-corrected chi connectivity index (χ2v) is 4.95. The van der Waals surface area contributed by atoms with Crippen LogP contribution in [0.25, 0.3) is 10.9 Å². The largest absolute Gasteiger partial charge is 0.492 e. The summed E-state index contributed by atoms with van der Waals surface area (Å²) in [6.45, 7) is 3.08. The zero-order valence-corrected chi connectivity index (χ0v) is 12.2. The van der Waals surface area contributed by atoms with Gasteiger partial charge in [0.25, 0.3) is 0 Å². The standard InChI is InChI=1S/C17H16FN3O/c1-12-4-2-5-13(10-12)22-9-8-19-17-14-6-3-7-15(18)16(14)20-11-21-17/h2-7,10-11H,8-9H2,1H3,(H,19,20,21). The number of ether oxygens (including phenoxy) is 1. The maximum absolute atomic E-state index is 13.7. The lowest BCUT2D eigenvalue weighted by molar-refractivity contribution is 0.332. The van der Waals surface area contributed by atoms with E-state index in [2.05, 4.69) is 15.3 Å². The average molecular weight is 297 g/mol. The van der Waals surface area contributed by atoms with Crippen molar-refractivity contribution < 1.29 is 9.13 Å². The van der Waals surface area contributed by atoms with Crippen molar-refractivity contribution in [2.75, 3.05) is 18.5 Å². The summed E-state index contributed by atoms with van der Waals surface area (Å²) in [6.07, 6.45) is 1.36. The Morgan fingerprint density at radius 1 is 1.14 bits per heavy atom. The van der Waals surface area contributed by atoms with Crippen LogP contribution >= 0.6 is 0 Å². The van der Waals surface area contributed by atoms with Gasteiger partial charge in [0.2, 0.25) is 0 Å². The highest BCUT2D eigenvalue weighted by Gasteiger charge is 2.06. The molecule has 5 heteroatoms. The number of benzene rings is 2. The summed E-state index contributed by atoms with van der Waals surface area (Å²) in [7, 11) is 0. The molecular formula is C17H16FN3O. The van der Waals surface area contributed by atoms with Crippen LogP contribution in [-0.2, 0) is 0 Å². The Hall–Kier alpha value is -2.69. The average Bonchev–Trinajstić information content (AvgIpc) is 2.52. The van der Waals surface area contributed by atoms with Gasteiger partial charge in [0.05, 0.1) is 6.54 Å². The molecule has 0 aliphatic rings. The Morgan fingerprint density at radius 3 is 2.86 bits per heavy atom. The van der Waals surface area contributed by atoms with E-state index in [-0.39, 0.29) is 5.82 Å². The fourth-order valence-corrected chi connectivity index (χ4v) is 2.24. The lowest BCUT2D eigenvalue weighted by Gasteiger charge is -2.10. The van der Waals surface area contributed by atoms with Crippen molar-refractivity contribution in [1.29, 1.82) is 0 Å². The first-order valence-corrected chi connectivity index (χ1v) is 7.06. The predicted molar refractivity (Wildman–Crippen MR) is 84.7 cm³/mol. The summed E-state index contributed by atoms with van der Waals surface area (Å²) in [5.74, 6) is 1.09. The van der Waals surface area contributed by atoms with E-state index < -0.39 is 0 Å². The summed E-state index contributed by atoms with van der Waals surface area (Å²) >= 11 is 0. The summed E-state index contributed by atoms with van der Waals surface area (Å²) in [4.78, 5) is 8.13. The smallest absolute Gasteiger partial charge is 0.149 e. The van der Waals surface area contributed by atoms with Crippen molar-refractivity contribution in [1.82, 2.24) is 9.97 Å². The molecule has 0 spiro atoms. The van der Waals surface area contributed by atoms with Crippen molar-refractivity contribution in [3.05, 3.63) is 60.2 Å². The highest BCUT2D eigenvalue weighted by molar-refractivity contribution is 5.89. The fourth-order valence-electron chi connectivity index (χ4n) is 2.24. The second-order valence-electron chi connectivity index (χ2n) is 4.95. The molecule has 0 fully saturated rings. The number of aryl methyl sites for hydroxylation is 1. The van der Waals surface area contributed by atoms with Gasteiger partial charge in [-0.3, -0.25) is 0 Å². The molecule has 0 saturated carbocycles. The Labute approximate surface area is 128 Å². The molecule has 22 heavy (non-hydrogen) atoms. The molecule has 0 atom stereocenters. The molecule has 0 amide bonds. The Kier molecular flexibility index (Phi) is 4.14. The van der Waals surface area contributed by atoms with E-state index in [1.807, 2.05) is 31.2 Å². The Bertz CT molecular complexity index is 792. The summed E-state index contributed by atoms with van der Waals surface area (Å²) in [5.41, 5.74) is 1.47. The van der Waals surface area contributed by atoms with Gasteiger partial charge in [-0.15, -0.1) is 0 Å². The molecular weight excluding hydrogens is 281 g/mol. The van der Waals surface area contributed by atoms with Crippen LogP contribution in [0.4, 0.5) is 10.2 Å². The SMILES string of the molecule is Cc1cccc(OCCNc2ncnc3c(F)cccc23)c1. The van der Waals surface area contributed by atoms with E-state index in [0.29, 0.717) is 29.9 Å². The third-order valence-electron chi connectivity index (χ3n) is 3.27. The van der Waals surface area contributed by atoms with Crippen LogP contribution in [0.5, 0.6) is 5.75 Å². The number of nitrogens with one attached hydrogen (secondary N) is 1. The van der Waals surface area contributed by atoms with Crippen molar-refractivity contribution in [3.63, 3.8) is 0 Å². The zero-order chi connectivity index (χ0) is 15.4. The summed E-state index contributed by atoms with van der Waals surface area (Å²) in [5, 5.41) is 3.82. The highest BCUT2D eigenvalue weighted by atomic mass is 19.1. The van der Waals surface area contributed by atoms with Crippen molar-refractivity contribution in [3.8, 4) is 5.75 Å². The summed E-state index contributed by atoms with van der Waals surface area (Å²) in [6, 6.07) is 12.7. The number of halogens is 1. The van der Waals surface area contributed by atoms with E-state index >= 15 is 0 Å². The number of hydrogen-bond acceptors (Lipinski definition) is 4. The number of hydrogen-bond donors (Lipinski definition) is 1. The van der Waals surface area contributed by atoms with Crippen LogP contribution in [0.1, 0.15) is 5.56 Å². The number of rotatable bonds is 5. The first-order valence-electron chi connectivity index (χ1n) is 7.06. The predicted octanol–water partition coefficient (Wildman–Crippen LogP) is 3.57. The van der Waals surface area contributed by atoms with Gasteiger partial charge >= 0.3 is 0 Å². The number of para-hydroxylation sites is 1. The van der Waals surface area contributed by atoms with E-state index in [4.69, 9.17) is 4.74 Å². The molecule has 0 aliphatic heterocycles. The van der Waals surface area contributed by atoms with Gasteiger partial charge in [-0.05, 0) is 36.8 Å². The first kappa shape index (κ1) is 14.3. The van der Waals surface area contributed by atoms with Crippen LogP contribution in [0.15, 0.2) is 48.8 Å². The van der Waals surface area contributed by atoms with Crippen LogP contribution in [0.2, 0.25) is 0 Å². The quantitative estimate of drug-likeness (QED) is 0.731. The van der Waals surface area contributed by atoms with Crippen LogP contribution in [0, 0.1) is 12.7 Å². The molecule has 0 bridgehead atoms. The maximum atomic E-state index is 13.7. The van der Waals surface area contributed by atoms with Gasteiger partial charge < -0.3 is 10.1 Å². The lowest BCUT2D eigenvalue weighted by Crippen LogP contribution is -2.12. The van der Waals surface area contributed by atoms with Gasteiger partial charge in [-0.25, -0.2) is 14.4 Å². The van der Waals surface area contributed by atoms with Gasteiger partial charge in [0, 0.05) is 5.39 Å². The van der Waals surface area contributed by atoms with Crippen molar-refractivity contribution in [2.24, 2.45) is 0 Å². The molecule has 0 aliphatic carbocycles. The summed E-state index contributed by atoms with van der Waals surface area (Å²) < 4.78 is 19.3. The minimum atomic E-state index is -0.348. The zero-order valence-electron chi connectivity index (χ0n) is 12.2. The number of aromatic nitrogens is 2. The van der Waals surface area contributed by atoms with Gasteiger partial charge in [-0.1, -0.05) is 18.2 Å². The monoisotopic (exact) mass is 297 g/mol. The molecule has 1 aromatic heterocycles. The molecule has 1 heterocycles. The minimum Gasteiger partial charge on any atom is -0.492 e. The van der Waals surface area contributed by atoms with E-state index in [9.17, 15) is 4.39 Å². The second kappa shape index (κ2) is 6.39. The number of nitrogens with zero attached hydrogens (tertiary/aromatic N) is 2. The van der Waals surface area contributed by atoms with E-state index in [0.717, 1.165) is 11.3 Å². The van der Waals surface area contributed by atoms with Crippen molar-refractivity contribution in [2.45, 2.75) is 6.92 Å². The van der Waals surface area contributed by atoms with E-state index in [1.165, 1.54) is 12.4 Å². The maximum Gasteiger partial charge on any atom is 0.149 e. The lowest BCUT2D eigenvalue weighted by atomic mass is 10.2. The molecule has 0 saturated heterocycles. The van der Waals surface area contributed by atoms with Gasteiger partial charge in [0.15, 0.2) is 0 Å². The number of anilines is 1. The molecule has 0 unspecified atom stereocenters. The molecule has 1 N–H and O–H groups in total. The highest BCUT2D eigenvalue weighted by Crippen LogP contribution is 2.21. The first-order chi connectivity index (χ1) is 10.7. The normalized spacial score (nSPS) is 10.6. The van der Waals surface area contributed by atoms with Crippen LogP contribution < -0.4 is 10.1 Å². The molecule has 2 aromatic carbocycles. The Morgan fingerprint density at radius 2 is 2.00 bits per heavy atom. The van der Waals surface area contributed by atoms with E-state index in [1.54, 1.807) is 12.1 Å². The molecule has 112 valence electrons. The van der Waals surface area contributed by atoms with Gasteiger partial charge in [0.1, 0.15) is 35.8 Å². The molecule has 3 rings (SSSR count). The topological polar surface area (TPSA) is 47.0 Å². The van der Waals surface area contributed by atoms with Crippen LogP contribution in [0.3, 0.4) is 0 Å². The Balaban J connectivity index is 1.64. The third-order valence-corrected chi connectivity index (χ3v) is 3.27. The number of fused-ring (bicyclic) bond motifs is 1. The fraction of sp³-hybridized carbons (Fsp3) is 0.176. The van der Waals surface area contributed by atoms with Crippen molar-refractivity contribution >= 4 is 16.7 Å². The minimum absolute atomic E-state index is 0.319. The molecule has 0 radical (unpaired) electrons. The van der Waals surface area contributed by atoms with Crippen LogP contribution in [-0.4, -0.2) is 23.1 Å². The molecule has 3 aromatic rings.